The number of likely N-dealkylation sites (N-methyl/N-ethyl adjacent to an activating group) is 1. The van der Waals surface area contributed by atoms with Gasteiger partial charge >= 0.3 is 5.97 Å². The first kappa shape index (κ1) is 20.5. The van der Waals surface area contributed by atoms with E-state index in [-0.39, 0.29) is 11.8 Å². The Kier molecular flexibility index (Phi) is 6.61. The van der Waals surface area contributed by atoms with Crippen molar-refractivity contribution in [2.24, 2.45) is 0 Å². The predicted molar refractivity (Wildman–Crippen MR) is 114 cm³/mol. The summed E-state index contributed by atoms with van der Waals surface area (Å²) in [6.07, 6.45) is 0. The van der Waals surface area contributed by atoms with Crippen molar-refractivity contribution in [3.8, 4) is 0 Å². The van der Waals surface area contributed by atoms with Gasteiger partial charge in [-0.1, -0.05) is 42.5 Å². The van der Waals surface area contributed by atoms with Gasteiger partial charge in [0.05, 0.1) is 10.6 Å². The van der Waals surface area contributed by atoms with Crippen LogP contribution < -0.4 is 10.2 Å². The first-order valence-electron chi connectivity index (χ1n) is 9.30. The zero-order valence-electron chi connectivity index (χ0n) is 16.3. The lowest BCUT2D eigenvalue weighted by Gasteiger charge is -2.23. The van der Waals surface area contributed by atoms with Crippen molar-refractivity contribution in [2.75, 3.05) is 18.1 Å². The van der Waals surface area contributed by atoms with Gasteiger partial charge in [0.15, 0.2) is 6.61 Å². The van der Waals surface area contributed by atoms with Crippen LogP contribution in [0.5, 0.6) is 0 Å². The summed E-state index contributed by atoms with van der Waals surface area (Å²) in [6, 6.07) is 16.1. The molecule has 0 aliphatic heterocycles. The van der Waals surface area contributed by atoms with E-state index >= 15 is 0 Å². The standard InChI is InChI=1S/C22H22N2O4S/c1-3-24(18-11-6-9-16-8-4-5-10-17(16)18)20(25)14-28-22(27)15(2)23-21(26)19-12-7-13-29-19/h4-13,15H,3,14H2,1-2H3,(H,23,26). The van der Waals surface area contributed by atoms with Crippen molar-refractivity contribution in [3.05, 3.63) is 64.9 Å². The van der Waals surface area contributed by atoms with Gasteiger partial charge in [-0.2, -0.15) is 0 Å². The SMILES string of the molecule is CCN(C(=O)COC(=O)C(C)NC(=O)c1cccs1)c1cccc2ccccc12. The molecule has 1 aromatic heterocycles. The molecule has 0 bridgehead atoms. The lowest BCUT2D eigenvalue weighted by molar-refractivity contribution is -0.149. The number of carbonyl (C=O) groups excluding carboxylic acids is 3. The number of hydrogen-bond acceptors (Lipinski definition) is 5. The molecule has 1 unspecified atom stereocenters. The highest BCUT2D eigenvalue weighted by atomic mass is 32.1. The number of nitrogens with one attached hydrogen (secondary N) is 1. The summed E-state index contributed by atoms with van der Waals surface area (Å²) in [6.45, 7) is 3.44. The number of hydrogen-bond donors (Lipinski definition) is 1. The fraction of sp³-hybridized carbons (Fsp3) is 0.227. The fourth-order valence-corrected chi connectivity index (χ4v) is 3.62. The molecule has 1 N–H and O–H groups in total. The number of rotatable bonds is 7. The second kappa shape index (κ2) is 9.34. The molecule has 0 fully saturated rings. The smallest absolute Gasteiger partial charge is 0.328 e. The number of anilines is 1. The highest BCUT2D eigenvalue weighted by molar-refractivity contribution is 7.12. The van der Waals surface area contributed by atoms with E-state index in [1.165, 1.54) is 18.3 Å². The average molecular weight is 410 g/mol. The molecule has 0 radical (unpaired) electrons. The molecule has 0 saturated heterocycles. The van der Waals surface area contributed by atoms with Gasteiger partial charge in [-0.15, -0.1) is 11.3 Å². The van der Waals surface area contributed by atoms with Crippen LogP contribution >= 0.6 is 11.3 Å². The van der Waals surface area contributed by atoms with Crippen molar-refractivity contribution < 1.29 is 19.1 Å². The molecule has 0 saturated carbocycles. The molecule has 3 rings (SSSR count). The van der Waals surface area contributed by atoms with Crippen LogP contribution in [0.1, 0.15) is 23.5 Å². The molecule has 0 spiro atoms. The van der Waals surface area contributed by atoms with Crippen LogP contribution in [0.4, 0.5) is 5.69 Å². The largest absolute Gasteiger partial charge is 0.454 e. The van der Waals surface area contributed by atoms with E-state index in [4.69, 9.17) is 4.74 Å². The molecule has 0 aliphatic carbocycles. The number of benzene rings is 2. The predicted octanol–water partition coefficient (Wildman–Crippen LogP) is 3.62. The van der Waals surface area contributed by atoms with Crippen molar-refractivity contribution in [1.29, 1.82) is 0 Å². The minimum atomic E-state index is -0.856. The molecule has 7 heteroatoms. The Morgan fingerprint density at radius 1 is 1.07 bits per heavy atom. The molecule has 1 heterocycles. The number of thiophene rings is 1. The van der Waals surface area contributed by atoms with Gasteiger partial charge in [0, 0.05) is 11.9 Å². The minimum absolute atomic E-state index is 0.325. The van der Waals surface area contributed by atoms with Crippen LogP contribution in [0, 0.1) is 0 Å². The Hall–Kier alpha value is -3.19. The number of ether oxygens (including phenoxy) is 1. The van der Waals surface area contributed by atoms with Crippen molar-refractivity contribution in [2.45, 2.75) is 19.9 Å². The first-order chi connectivity index (χ1) is 14.0. The lowest BCUT2D eigenvalue weighted by atomic mass is 10.1. The van der Waals surface area contributed by atoms with Gasteiger partial charge in [-0.3, -0.25) is 9.59 Å². The van der Waals surface area contributed by atoms with Crippen LogP contribution in [0.3, 0.4) is 0 Å². The molecule has 0 aliphatic rings. The van der Waals surface area contributed by atoms with Crippen molar-refractivity contribution in [1.82, 2.24) is 5.32 Å². The van der Waals surface area contributed by atoms with Crippen LogP contribution in [-0.2, 0) is 14.3 Å². The maximum atomic E-state index is 12.7. The summed E-state index contributed by atoms with van der Waals surface area (Å²) in [5.74, 6) is -1.33. The maximum Gasteiger partial charge on any atom is 0.328 e. The molecular weight excluding hydrogens is 388 g/mol. The molecular formula is C22H22N2O4S. The Balaban J connectivity index is 1.62. The number of esters is 1. The molecule has 3 aromatic rings. The molecule has 6 nitrogen and oxygen atoms in total. The van der Waals surface area contributed by atoms with Crippen LogP contribution in [0.15, 0.2) is 60.0 Å². The zero-order chi connectivity index (χ0) is 20.8. The van der Waals surface area contributed by atoms with Crippen molar-refractivity contribution >= 4 is 45.6 Å². The van der Waals surface area contributed by atoms with E-state index in [1.807, 2.05) is 49.4 Å². The maximum absolute atomic E-state index is 12.7. The van der Waals surface area contributed by atoms with Gasteiger partial charge in [0.1, 0.15) is 6.04 Å². The third-order valence-corrected chi connectivity index (χ3v) is 5.33. The minimum Gasteiger partial charge on any atom is -0.454 e. The number of nitrogens with zero attached hydrogens (tertiary/aromatic N) is 1. The lowest BCUT2D eigenvalue weighted by Crippen LogP contribution is -2.41. The third kappa shape index (κ3) is 4.81. The zero-order valence-corrected chi connectivity index (χ0v) is 17.1. The quantitative estimate of drug-likeness (QED) is 0.604. The summed E-state index contributed by atoms with van der Waals surface area (Å²) in [5, 5.41) is 6.34. The highest BCUT2D eigenvalue weighted by Crippen LogP contribution is 2.26. The van der Waals surface area contributed by atoms with E-state index < -0.39 is 18.6 Å². The third-order valence-electron chi connectivity index (χ3n) is 4.46. The molecule has 150 valence electrons. The fourth-order valence-electron chi connectivity index (χ4n) is 2.99. The van der Waals surface area contributed by atoms with Crippen LogP contribution in [0.2, 0.25) is 0 Å². The first-order valence-corrected chi connectivity index (χ1v) is 10.2. The van der Waals surface area contributed by atoms with Gasteiger partial charge < -0.3 is 15.0 Å². The second-order valence-electron chi connectivity index (χ2n) is 6.42. The van der Waals surface area contributed by atoms with Gasteiger partial charge in [0.2, 0.25) is 0 Å². The summed E-state index contributed by atoms with van der Waals surface area (Å²) in [5.41, 5.74) is 0.769. The number of carbonyl (C=O) groups is 3. The Morgan fingerprint density at radius 2 is 1.83 bits per heavy atom. The normalized spacial score (nSPS) is 11.7. The summed E-state index contributed by atoms with van der Waals surface area (Å²) < 4.78 is 5.16. The van der Waals surface area contributed by atoms with Gasteiger partial charge in [-0.05, 0) is 36.7 Å². The summed E-state index contributed by atoms with van der Waals surface area (Å²) in [7, 11) is 0. The van der Waals surface area contributed by atoms with E-state index in [9.17, 15) is 14.4 Å². The molecule has 2 amide bonds. The van der Waals surface area contributed by atoms with Crippen LogP contribution in [-0.4, -0.2) is 37.0 Å². The monoisotopic (exact) mass is 410 g/mol. The number of fused-ring (bicyclic) bond motifs is 1. The van der Waals surface area contributed by atoms with E-state index in [1.54, 1.807) is 22.4 Å². The highest BCUT2D eigenvalue weighted by Gasteiger charge is 2.22. The van der Waals surface area contributed by atoms with Crippen molar-refractivity contribution in [3.63, 3.8) is 0 Å². The average Bonchev–Trinajstić information content (AvgIpc) is 3.27. The van der Waals surface area contributed by atoms with Gasteiger partial charge in [0.25, 0.3) is 11.8 Å². The van der Waals surface area contributed by atoms with Gasteiger partial charge in [-0.25, -0.2) is 4.79 Å². The molecule has 2 aromatic carbocycles. The van der Waals surface area contributed by atoms with E-state index in [2.05, 4.69) is 5.32 Å². The van der Waals surface area contributed by atoms with E-state index in [0.29, 0.717) is 11.4 Å². The molecule has 1 atom stereocenters. The number of amides is 2. The van der Waals surface area contributed by atoms with E-state index in [0.717, 1.165) is 16.5 Å². The summed E-state index contributed by atoms with van der Waals surface area (Å²) in [4.78, 5) is 39.1. The topological polar surface area (TPSA) is 75.7 Å². The summed E-state index contributed by atoms with van der Waals surface area (Å²) >= 11 is 1.28. The Labute approximate surface area is 173 Å². The Morgan fingerprint density at radius 3 is 2.55 bits per heavy atom. The molecule has 29 heavy (non-hydrogen) atoms. The second-order valence-corrected chi connectivity index (χ2v) is 7.36. The van der Waals surface area contributed by atoms with Crippen LogP contribution in [0.25, 0.3) is 10.8 Å². The Bertz CT molecular complexity index is 1010.